The van der Waals surface area contributed by atoms with Crippen molar-refractivity contribution in [3.8, 4) is 0 Å². The largest absolute Gasteiger partial charge is 0.416 e. The van der Waals surface area contributed by atoms with Crippen LogP contribution in [0.15, 0.2) is 18.2 Å². The highest BCUT2D eigenvalue weighted by molar-refractivity contribution is 5.36. The standard InChI is InChI=1S/C10H10F3NO/c11-10(12,13)7-1-2-8-6(3-7)5-15-9(8)4-14/h1-3,9H,4-5,14H2. The third-order valence-electron chi connectivity index (χ3n) is 2.47. The van der Waals surface area contributed by atoms with Crippen LogP contribution >= 0.6 is 0 Å². The van der Waals surface area contributed by atoms with E-state index >= 15 is 0 Å². The second-order valence-electron chi connectivity index (χ2n) is 3.45. The van der Waals surface area contributed by atoms with Gasteiger partial charge in [-0.3, -0.25) is 0 Å². The molecular formula is C10H10F3NO. The average Bonchev–Trinajstić information content (AvgIpc) is 2.58. The van der Waals surface area contributed by atoms with E-state index in [2.05, 4.69) is 0 Å². The number of alkyl halides is 3. The van der Waals surface area contributed by atoms with Crippen LogP contribution in [0.4, 0.5) is 13.2 Å². The number of hydrogen-bond donors (Lipinski definition) is 1. The van der Waals surface area contributed by atoms with Crippen molar-refractivity contribution in [3.63, 3.8) is 0 Å². The van der Waals surface area contributed by atoms with Crippen molar-refractivity contribution in [2.75, 3.05) is 6.54 Å². The fourth-order valence-electron chi connectivity index (χ4n) is 1.70. The van der Waals surface area contributed by atoms with Gasteiger partial charge in [-0.25, -0.2) is 0 Å². The maximum absolute atomic E-state index is 12.4. The van der Waals surface area contributed by atoms with Crippen molar-refractivity contribution < 1.29 is 17.9 Å². The lowest BCUT2D eigenvalue weighted by molar-refractivity contribution is -0.137. The molecule has 0 amide bonds. The van der Waals surface area contributed by atoms with Crippen LogP contribution in [-0.2, 0) is 17.5 Å². The first kappa shape index (κ1) is 10.4. The van der Waals surface area contributed by atoms with E-state index in [4.69, 9.17) is 10.5 Å². The Labute approximate surface area is 84.8 Å². The Morgan fingerprint density at radius 3 is 2.73 bits per heavy atom. The minimum atomic E-state index is -4.30. The molecule has 0 aliphatic carbocycles. The second-order valence-corrected chi connectivity index (χ2v) is 3.45. The predicted molar refractivity (Wildman–Crippen MR) is 48.0 cm³/mol. The zero-order valence-electron chi connectivity index (χ0n) is 7.84. The quantitative estimate of drug-likeness (QED) is 0.782. The smallest absolute Gasteiger partial charge is 0.368 e. The Morgan fingerprint density at radius 1 is 1.40 bits per heavy atom. The second kappa shape index (κ2) is 3.50. The molecule has 1 aromatic carbocycles. The lowest BCUT2D eigenvalue weighted by Crippen LogP contribution is -2.11. The predicted octanol–water partition coefficient (Wildman–Crippen LogP) is 2.24. The SMILES string of the molecule is NCC1OCc2cc(C(F)(F)F)ccc21. The molecule has 5 heteroatoms. The summed E-state index contributed by atoms with van der Waals surface area (Å²) in [4.78, 5) is 0. The van der Waals surface area contributed by atoms with Gasteiger partial charge in [-0.2, -0.15) is 13.2 Å². The molecule has 1 aliphatic rings. The van der Waals surface area contributed by atoms with Gasteiger partial charge >= 0.3 is 6.18 Å². The number of ether oxygens (including phenoxy) is 1. The van der Waals surface area contributed by atoms with Gasteiger partial charge < -0.3 is 10.5 Å². The highest BCUT2D eigenvalue weighted by atomic mass is 19.4. The van der Waals surface area contributed by atoms with Gasteiger partial charge in [0.05, 0.1) is 18.3 Å². The Morgan fingerprint density at radius 2 is 2.13 bits per heavy atom. The molecule has 0 aromatic heterocycles. The van der Waals surface area contributed by atoms with Crippen molar-refractivity contribution in [1.29, 1.82) is 0 Å². The van der Waals surface area contributed by atoms with Gasteiger partial charge in [-0.15, -0.1) is 0 Å². The van der Waals surface area contributed by atoms with Gasteiger partial charge in [-0.05, 0) is 23.3 Å². The van der Waals surface area contributed by atoms with Crippen molar-refractivity contribution in [3.05, 3.63) is 34.9 Å². The minimum Gasteiger partial charge on any atom is -0.368 e. The minimum absolute atomic E-state index is 0.209. The molecule has 2 rings (SSSR count). The number of fused-ring (bicyclic) bond motifs is 1. The summed E-state index contributed by atoms with van der Waals surface area (Å²) in [5, 5.41) is 0. The monoisotopic (exact) mass is 217 g/mol. The summed E-state index contributed by atoms with van der Waals surface area (Å²) in [5.41, 5.74) is 6.14. The summed E-state index contributed by atoms with van der Waals surface area (Å²) in [5.74, 6) is 0. The van der Waals surface area contributed by atoms with Crippen LogP contribution in [0.3, 0.4) is 0 Å². The van der Waals surface area contributed by atoms with Gasteiger partial charge in [0.15, 0.2) is 0 Å². The number of hydrogen-bond acceptors (Lipinski definition) is 2. The summed E-state index contributed by atoms with van der Waals surface area (Å²) in [7, 11) is 0. The average molecular weight is 217 g/mol. The molecular weight excluding hydrogens is 207 g/mol. The van der Waals surface area contributed by atoms with E-state index in [9.17, 15) is 13.2 Å². The molecule has 0 saturated carbocycles. The van der Waals surface area contributed by atoms with Gasteiger partial charge in [-0.1, -0.05) is 6.07 Å². The number of rotatable bonds is 1. The molecule has 0 radical (unpaired) electrons. The molecule has 0 fully saturated rings. The molecule has 1 aromatic rings. The number of benzene rings is 1. The fraction of sp³-hybridized carbons (Fsp3) is 0.400. The van der Waals surface area contributed by atoms with Crippen LogP contribution in [-0.4, -0.2) is 6.54 Å². The van der Waals surface area contributed by atoms with E-state index in [0.717, 1.165) is 17.7 Å². The molecule has 2 N–H and O–H groups in total. The highest BCUT2D eigenvalue weighted by Crippen LogP contribution is 2.35. The number of halogens is 3. The van der Waals surface area contributed by atoms with E-state index in [1.807, 2.05) is 0 Å². The zero-order valence-corrected chi connectivity index (χ0v) is 7.84. The lowest BCUT2D eigenvalue weighted by atomic mass is 10.0. The van der Waals surface area contributed by atoms with E-state index in [1.54, 1.807) is 0 Å². The normalized spacial score (nSPS) is 20.4. The Kier molecular flexibility index (Phi) is 2.44. The fourth-order valence-corrected chi connectivity index (χ4v) is 1.70. The molecule has 2 nitrogen and oxygen atoms in total. The molecule has 1 aliphatic heterocycles. The third-order valence-corrected chi connectivity index (χ3v) is 2.47. The highest BCUT2D eigenvalue weighted by Gasteiger charge is 2.32. The van der Waals surface area contributed by atoms with E-state index < -0.39 is 11.7 Å². The van der Waals surface area contributed by atoms with Gasteiger partial charge in [0.2, 0.25) is 0 Å². The summed E-state index contributed by atoms with van der Waals surface area (Å²) in [6.07, 6.45) is -4.56. The van der Waals surface area contributed by atoms with E-state index in [-0.39, 0.29) is 12.7 Å². The van der Waals surface area contributed by atoms with E-state index in [1.165, 1.54) is 6.07 Å². The summed E-state index contributed by atoms with van der Waals surface area (Å²) < 4.78 is 42.4. The number of nitrogens with two attached hydrogens (primary N) is 1. The maximum atomic E-state index is 12.4. The van der Waals surface area contributed by atoms with Crippen molar-refractivity contribution in [2.45, 2.75) is 18.9 Å². The third kappa shape index (κ3) is 1.85. The van der Waals surface area contributed by atoms with Crippen LogP contribution in [0, 0.1) is 0 Å². The molecule has 1 atom stereocenters. The van der Waals surface area contributed by atoms with Crippen LogP contribution < -0.4 is 5.73 Å². The first-order chi connectivity index (χ1) is 7.02. The van der Waals surface area contributed by atoms with E-state index in [0.29, 0.717) is 12.1 Å². The molecule has 0 bridgehead atoms. The molecule has 0 spiro atoms. The lowest BCUT2D eigenvalue weighted by Gasteiger charge is -2.09. The summed E-state index contributed by atoms with van der Waals surface area (Å²) in [6.45, 7) is 0.499. The summed E-state index contributed by atoms with van der Waals surface area (Å²) in [6, 6.07) is 3.64. The molecule has 1 unspecified atom stereocenters. The van der Waals surface area contributed by atoms with Gasteiger partial charge in [0.25, 0.3) is 0 Å². The van der Waals surface area contributed by atoms with Crippen LogP contribution in [0.25, 0.3) is 0 Å². The van der Waals surface area contributed by atoms with Crippen LogP contribution in [0.1, 0.15) is 22.8 Å². The van der Waals surface area contributed by atoms with Gasteiger partial charge in [0.1, 0.15) is 0 Å². The first-order valence-electron chi connectivity index (χ1n) is 4.54. The maximum Gasteiger partial charge on any atom is 0.416 e. The van der Waals surface area contributed by atoms with Crippen LogP contribution in [0.5, 0.6) is 0 Å². The molecule has 0 saturated heterocycles. The molecule has 15 heavy (non-hydrogen) atoms. The topological polar surface area (TPSA) is 35.2 Å². The zero-order chi connectivity index (χ0) is 11.1. The Bertz CT molecular complexity index is 375. The Hall–Kier alpha value is -1.07. The molecule has 1 heterocycles. The molecule has 82 valence electrons. The Balaban J connectivity index is 2.37. The van der Waals surface area contributed by atoms with Crippen molar-refractivity contribution in [1.82, 2.24) is 0 Å². The summed E-state index contributed by atoms with van der Waals surface area (Å²) >= 11 is 0. The van der Waals surface area contributed by atoms with Crippen molar-refractivity contribution in [2.24, 2.45) is 5.73 Å². The first-order valence-corrected chi connectivity index (χ1v) is 4.54. The van der Waals surface area contributed by atoms with Crippen LogP contribution in [0.2, 0.25) is 0 Å². The van der Waals surface area contributed by atoms with Crippen molar-refractivity contribution >= 4 is 0 Å². The van der Waals surface area contributed by atoms with Gasteiger partial charge in [0, 0.05) is 6.54 Å².